The largest absolute Gasteiger partial charge is 0.343 e. The van der Waals surface area contributed by atoms with Crippen molar-refractivity contribution in [3.05, 3.63) is 29.8 Å². The Morgan fingerprint density at radius 2 is 1.70 bits per heavy atom. The Hall–Kier alpha value is -1.97. The van der Waals surface area contributed by atoms with E-state index in [1.54, 1.807) is 21.9 Å². The summed E-state index contributed by atoms with van der Waals surface area (Å²) in [7, 11) is -3.68. The lowest BCUT2D eigenvalue weighted by Gasteiger charge is -2.34. The summed E-state index contributed by atoms with van der Waals surface area (Å²) in [5, 5.41) is 0. The van der Waals surface area contributed by atoms with Gasteiger partial charge in [0.25, 0.3) is 5.91 Å². The van der Waals surface area contributed by atoms with Crippen LogP contribution in [0.3, 0.4) is 0 Å². The standard InChI is InChI=1S/C18H26N4O4S/c1-2-19-6-10-21(11-7-19)18(24)16-4-3-5-17(14-16)27(25,26)22-12-8-20(15-23)9-13-22/h3-5,14-15H,2,6-13H2,1H3. The minimum atomic E-state index is -3.68. The summed E-state index contributed by atoms with van der Waals surface area (Å²) < 4.78 is 27.2. The molecule has 0 spiro atoms. The highest BCUT2D eigenvalue weighted by Crippen LogP contribution is 2.20. The van der Waals surface area contributed by atoms with Crippen LogP contribution in [0.1, 0.15) is 17.3 Å². The lowest BCUT2D eigenvalue weighted by molar-refractivity contribution is -0.119. The fourth-order valence-corrected chi connectivity index (χ4v) is 4.91. The molecular formula is C18H26N4O4S. The molecule has 1 aromatic carbocycles. The molecule has 0 aromatic heterocycles. The summed E-state index contributed by atoms with van der Waals surface area (Å²) in [6, 6.07) is 6.27. The molecule has 0 atom stereocenters. The van der Waals surface area contributed by atoms with Crippen LogP contribution in [0.5, 0.6) is 0 Å². The van der Waals surface area contributed by atoms with Gasteiger partial charge < -0.3 is 14.7 Å². The van der Waals surface area contributed by atoms with Crippen LogP contribution < -0.4 is 0 Å². The van der Waals surface area contributed by atoms with Crippen molar-refractivity contribution >= 4 is 22.3 Å². The van der Waals surface area contributed by atoms with E-state index in [1.165, 1.54) is 16.4 Å². The van der Waals surface area contributed by atoms with Gasteiger partial charge >= 0.3 is 0 Å². The van der Waals surface area contributed by atoms with Crippen molar-refractivity contribution in [1.82, 2.24) is 19.0 Å². The fourth-order valence-electron chi connectivity index (χ4n) is 3.44. The number of carbonyl (C=O) groups excluding carboxylic acids is 2. The molecular weight excluding hydrogens is 368 g/mol. The van der Waals surface area contributed by atoms with Gasteiger partial charge in [-0.3, -0.25) is 9.59 Å². The van der Waals surface area contributed by atoms with Crippen molar-refractivity contribution in [2.45, 2.75) is 11.8 Å². The van der Waals surface area contributed by atoms with Gasteiger partial charge in [-0.25, -0.2) is 8.42 Å². The zero-order valence-electron chi connectivity index (χ0n) is 15.6. The zero-order chi connectivity index (χ0) is 19.4. The van der Waals surface area contributed by atoms with Gasteiger partial charge in [-0.15, -0.1) is 0 Å². The molecule has 148 valence electrons. The SMILES string of the molecule is CCN1CCN(C(=O)c2cccc(S(=O)(=O)N3CCN(C=O)CC3)c2)CC1. The highest BCUT2D eigenvalue weighted by molar-refractivity contribution is 7.89. The van der Waals surface area contributed by atoms with Crippen LogP contribution in [0.15, 0.2) is 29.2 Å². The second-order valence-corrected chi connectivity index (χ2v) is 8.74. The molecule has 3 rings (SSSR count). The minimum absolute atomic E-state index is 0.125. The molecule has 0 aliphatic carbocycles. The molecule has 0 radical (unpaired) electrons. The van der Waals surface area contributed by atoms with Crippen LogP contribution in [0.25, 0.3) is 0 Å². The maximum absolute atomic E-state index is 12.9. The summed E-state index contributed by atoms with van der Waals surface area (Å²) in [6.45, 7) is 7.31. The van der Waals surface area contributed by atoms with Crippen LogP contribution in [-0.4, -0.2) is 98.6 Å². The van der Waals surface area contributed by atoms with Crippen molar-refractivity contribution in [3.63, 3.8) is 0 Å². The van der Waals surface area contributed by atoms with Crippen LogP contribution in [0.4, 0.5) is 0 Å². The molecule has 2 heterocycles. The van der Waals surface area contributed by atoms with Gasteiger partial charge in [0.05, 0.1) is 4.90 Å². The molecule has 8 nitrogen and oxygen atoms in total. The number of sulfonamides is 1. The smallest absolute Gasteiger partial charge is 0.253 e. The average Bonchev–Trinajstić information content (AvgIpc) is 2.73. The van der Waals surface area contributed by atoms with Crippen molar-refractivity contribution < 1.29 is 18.0 Å². The van der Waals surface area contributed by atoms with Crippen molar-refractivity contribution in [1.29, 1.82) is 0 Å². The second kappa shape index (κ2) is 8.37. The van der Waals surface area contributed by atoms with Gasteiger partial charge in [0, 0.05) is 57.9 Å². The normalized spacial score (nSPS) is 19.9. The Kier molecular flexibility index (Phi) is 6.13. The summed E-state index contributed by atoms with van der Waals surface area (Å²) >= 11 is 0. The van der Waals surface area contributed by atoms with Crippen LogP contribution in [0, 0.1) is 0 Å². The van der Waals surface area contributed by atoms with Crippen LogP contribution in [0.2, 0.25) is 0 Å². The van der Waals surface area contributed by atoms with Gasteiger partial charge in [0.15, 0.2) is 0 Å². The first-order valence-electron chi connectivity index (χ1n) is 9.27. The zero-order valence-corrected chi connectivity index (χ0v) is 16.4. The number of rotatable bonds is 5. The Labute approximate surface area is 160 Å². The Morgan fingerprint density at radius 3 is 2.30 bits per heavy atom. The van der Waals surface area contributed by atoms with Gasteiger partial charge in [-0.1, -0.05) is 13.0 Å². The van der Waals surface area contributed by atoms with E-state index >= 15 is 0 Å². The van der Waals surface area contributed by atoms with E-state index in [0.717, 1.165) is 26.0 Å². The van der Waals surface area contributed by atoms with E-state index in [0.29, 0.717) is 31.7 Å². The first kappa shape index (κ1) is 19.8. The molecule has 27 heavy (non-hydrogen) atoms. The van der Waals surface area contributed by atoms with Gasteiger partial charge in [0.2, 0.25) is 16.4 Å². The van der Waals surface area contributed by atoms with Gasteiger partial charge in [-0.2, -0.15) is 4.31 Å². The van der Waals surface area contributed by atoms with E-state index in [2.05, 4.69) is 11.8 Å². The first-order chi connectivity index (χ1) is 13.0. The average molecular weight is 394 g/mol. The van der Waals surface area contributed by atoms with E-state index < -0.39 is 10.0 Å². The van der Waals surface area contributed by atoms with Crippen molar-refractivity contribution in [3.8, 4) is 0 Å². The molecule has 1 aromatic rings. The Balaban J connectivity index is 1.73. The minimum Gasteiger partial charge on any atom is -0.343 e. The van der Waals surface area contributed by atoms with E-state index in [4.69, 9.17) is 0 Å². The van der Waals surface area contributed by atoms with Crippen LogP contribution in [-0.2, 0) is 14.8 Å². The van der Waals surface area contributed by atoms with Crippen molar-refractivity contribution in [2.75, 3.05) is 58.9 Å². The molecule has 2 aliphatic heterocycles. The molecule has 0 bridgehead atoms. The third-order valence-corrected chi connectivity index (χ3v) is 7.14. The lowest BCUT2D eigenvalue weighted by atomic mass is 10.2. The maximum atomic E-state index is 12.9. The topological polar surface area (TPSA) is 81.2 Å². The number of nitrogens with zero attached hydrogens (tertiary/aromatic N) is 4. The highest BCUT2D eigenvalue weighted by Gasteiger charge is 2.29. The first-order valence-corrected chi connectivity index (χ1v) is 10.7. The van der Waals surface area contributed by atoms with Crippen LogP contribution >= 0.6 is 0 Å². The maximum Gasteiger partial charge on any atom is 0.253 e. The molecule has 0 N–H and O–H groups in total. The van der Waals surface area contributed by atoms with Gasteiger partial charge in [0.1, 0.15) is 0 Å². The van der Waals surface area contributed by atoms with E-state index in [9.17, 15) is 18.0 Å². The number of likely N-dealkylation sites (N-methyl/N-ethyl adjacent to an activating group) is 1. The highest BCUT2D eigenvalue weighted by atomic mass is 32.2. The number of hydrogen-bond donors (Lipinski definition) is 0. The van der Waals surface area contributed by atoms with Crippen molar-refractivity contribution in [2.24, 2.45) is 0 Å². The number of carbonyl (C=O) groups is 2. The molecule has 9 heteroatoms. The molecule has 2 aliphatic rings. The molecule has 0 unspecified atom stereocenters. The Bertz CT molecular complexity index is 782. The van der Waals surface area contributed by atoms with E-state index in [-0.39, 0.29) is 23.9 Å². The predicted molar refractivity (Wildman–Crippen MR) is 101 cm³/mol. The lowest BCUT2D eigenvalue weighted by Crippen LogP contribution is -2.48. The quantitative estimate of drug-likeness (QED) is 0.653. The molecule has 2 amide bonds. The summed E-state index contributed by atoms with van der Waals surface area (Å²) in [5.41, 5.74) is 0.396. The molecule has 2 saturated heterocycles. The predicted octanol–water partition coefficient (Wildman–Crippen LogP) is -0.0730. The second-order valence-electron chi connectivity index (χ2n) is 6.80. The molecule has 0 saturated carbocycles. The van der Waals surface area contributed by atoms with Gasteiger partial charge in [-0.05, 0) is 24.7 Å². The molecule has 2 fully saturated rings. The number of piperazine rings is 2. The number of hydrogen-bond acceptors (Lipinski definition) is 5. The Morgan fingerprint density at radius 1 is 1.04 bits per heavy atom. The summed E-state index contributed by atoms with van der Waals surface area (Å²) in [6.07, 6.45) is 0.738. The number of benzene rings is 1. The number of amides is 2. The summed E-state index contributed by atoms with van der Waals surface area (Å²) in [5.74, 6) is -0.131. The third-order valence-electron chi connectivity index (χ3n) is 5.25. The van der Waals surface area contributed by atoms with E-state index in [1.807, 2.05) is 0 Å². The summed E-state index contributed by atoms with van der Waals surface area (Å²) in [4.78, 5) is 29.3. The monoisotopic (exact) mass is 394 g/mol. The fraction of sp³-hybridized carbons (Fsp3) is 0.556. The third kappa shape index (κ3) is 4.31.